The van der Waals surface area contributed by atoms with Gasteiger partial charge in [-0.1, -0.05) is 0 Å². The molecule has 94 valence electrons. The first-order chi connectivity index (χ1) is 7.54. The molecule has 0 amide bonds. The van der Waals surface area contributed by atoms with Gasteiger partial charge < -0.3 is 15.4 Å². The fraction of sp³-hybridized carbons (Fsp3) is 0.917. The van der Waals surface area contributed by atoms with Gasteiger partial charge in [-0.15, -0.1) is 0 Å². The van der Waals surface area contributed by atoms with Crippen molar-refractivity contribution >= 4 is 5.97 Å². The lowest BCUT2D eigenvalue weighted by atomic mass is 9.90. The molecule has 0 bridgehead atoms. The monoisotopic (exact) mass is 228 g/mol. The third-order valence-corrected chi connectivity index (χ3v) is 3.70. The van der Waals surface area contributed by atoms with Gasteiger partial charge >= 0.3 is 5.97 Å². The average Bonchev–Trinajstić information content (AvgIpc) is 2.28. The number of ether oxygens (including phenoxy) is 1. The molecule has 1 unspecified atom stereocenters. The Labute approximate surface area is 98.1 Å². The van der Waals surface area contributed by atoms with Gasteiger partial charge in [0.15, 0.2) is 0 Å². The van der Waals surface area contributed by atoms with E-state index in [4.69, 9.17) is 5.73 Å². The number of nitrogens with zero attached hydrogens (tertiary/aromatic N) is 1. The lowest BCUT2D eigenvalue weighted by Crippen LogP contribution is -2.43. The highest BCUT2D eigenvalue weighted by Crippen LogP contribution is 2.23. The van der Waals surface area contributed by atoms with Crippen molar-refractivity contribution < 1.29 is 9.53 Å². The number of hydrogen-bond donors (Lipinski definition) is 1. The molecule has 0 radical (unpaired) electrons. The Morgan fingerprint density at radius 3 is 2.50 bits per heavy atom. The minimum atomic E-state index is -0.133. The van der Waals surface area contributed by atoms with Crippen LogP contribution in [0.1, 0.15) is 39.0 Å². The maximum absolute atomic E-state index is 11.2. The van der Waals surface area contributed by atoms with Crippen molar-refractivity contribution in [3.05, 3.63) is 0 Å². The number of nitrogens with two attached hydrogens (primary N) is 1. The molecule has 4 nitrogen and oxygen atoms in total. The normalized spacial score (nSPS) is 27.8. The predicted molar refractivity (Wildman–Crippen MR) is 64.1 cm³/mol. The maximum Gasteiger partial charge on any atom is 0.307 e. The van der Waals surface area contributed by atoms with Crippen molar-refractivity contribution in [3.63, 3.8) is 0 Å². The van der Waals surface area contributed by atoms with Gasteiger partial charge in [0.2, 0.25) is 0 Å². The molecule has 1 rings (SSSR count). The van der Waals surface area contributed by atoms with E-state index in [9.17, 15) is 4.79 Å². The molecule has 4 heteroatoms. The average molecular weight is 228 g/mol. The lowest BCUT2D eigenvalue weighted by molar-refractivity contribution is -0.142. The molecule has 1 saturated carbocycles. The van der Waals surface area contributed by atoms with E-state index in [0.29, 0.717) is 18.5 Å². The van der Waals surface area contributed by atoms with Crippen molar-refractivity contribution in [1.29, 1.82) is 0 Å². The highest BCUT2D eigenvalue weighted by molar-refractivity contribution is 5.69. The van der Waals surface area contributed by atoms with Crippen LogP contribution in [0, 0.1) is 0 Å². The SMILES string of the molecule is COC(=O)CC(C)N(C)C1CCC(N)CC1. The molecule has 0 aliphatic heterocycles. The van der Waals surface area contributed by atoms with Crippen LogP contribution < -0.4 is 5.73 Å². The quantitative estimate of drug-likeness (QED) is 0.733. The molecular formula is C12H24N2O2. The minimum Gasteiger partial charge on any atom is -0.469 e. The zero-order valence-corrected chi connectivity index (χ0v) is 10.6. The van der Waals surface area contributed by atoms with Crippen LogP contribution in [0.25, 0.3) is 0 Å². The molecule has 0 saturated heterocycles. The molecule has 2 N–H and O–H groups in total. The van der Waals surface area contributed by atoms with Gasteiger partial charge in [-0.3, -0.25) is 4.79 Å². The van der Waals surface area contributed by atoms with Crippen LogP contribution in [-0.4, -0.2) is 43.2 Å². The van der Waals surface area contributed by atoms with E-state index in [1.165, 1.54) is 7.11 Å². The molecule has 0 heterocycles. The van der Waals surface area contributed by atoms with Crippen LogP contribution in [0.2, 0.25) is 0 Å². The summed E-state index contributed by atoms with van der Waals surface area (Å²) in [5.41, 5.74) is 5.88. The smallest absolute Gasteiger partial charge is 0.307 e. The van der Waals surface area contributed by atoms with Gasteiger partial charge in [-0.2, -0.15) is 0 Å². The van der Waals surface area contributed by atoms with Crippen molar-refractivity contribution in [2.45, 2.75) is 57.2 Å². The van der Waals surface area contributed by atoms with Gasteiger partial charge in [-0.05, 0) is 39.7 Å². The Hall–Kier alpha value is -0.610. The molecule has 0 aromatic carbocycles. The van der Waals surface area contributed by atoms with Crippen molar-refractivity contribution in [1.82, 2.24) is 4.90 Å². The molecule has 0 aromatic rings. The number of esters is 1. The predicted octanol–water partition coefficient (Wildman–Crippen LogP) is 1.14. The minimum absolute atomic E-state index is 0.133. The second-order valence-corrected chi connectivity index (χ2v) is 4.86. The second-order valence-electron chi connectivity index (χ2n) is 4.86. The van der Waals surface area contributed by atoms with Gasteiger partial charge in [0.25, 0.3) is 0 Å². The molecule has 1 atom stereocenters. The van der Waals surface area contributed by atoms with Crippen LogP contribution >= 0.6 is 0 Å². The van der Waals surface area contributed by atoms with Crippen LogP contribution in [0.5, 0.6) is 0 Å². The van der Waals surface area contributed by atoms with Crippen molar-refractivity contribution in [2.24, 2.45) is 5.73 Å². The van der Waals surface area contributed by atoms with Crippen LogP contribution in [-0.2, 0) is 9.53 Å². The first-order valence-electron chi connectivity index (χ1n) is 6.09. The Morgan fingerprint density at radius 1 is 1.44 bits per heavy atom. The summed E-state index contributed by atoms with van der Waals surface area (Å²) in [5, 5.41) is 0. The Bertz CT molecular complexity index is 225. The molecule has 0 aromatic heterocycles. The van der Waals surface area contributed by atoms with E-state index in [1.807, 2.05) is 0 Å². The summed E-state index contributed by atoms with van der Waals surface area (Å²) in [7, 11) is 3.53. The fourth-order valence-corrected chi connectivity index (χ4v) is 2.34. The summed E-state index contributed by atoms with van der Waals surface area (Å²) in [5.74, 6) is -0.133. The summed E-state index contributed by atoms with van der Waals surface area (Å²) in [6.45, 7) is 2.07. The molecule has 1 aliphatic carbocycles. The standard InChI is InChI=1S/C12H24N2O2/c1-9(8-12(15)16-3)14(2)11-6-4-10(13)5-7-11/h9-11H,4-8,13H2,1-3H3. The van der Waals surface area contributed by atoms with Gasteiger partial charge in [-0.25, -0.2) is 0 Å². The lowest BCUT2D eigenvalue weighted by Gasteiger charge is -2.36. The van der Waals surface area contributed by atoms with E-state index in [2.05, 4.69) is 23.6 Å². The maximum atomic E-state index is 11.2. The van der Waals surface area contributed by atoms with E-state index in [-0.39, 0.29) is 12.0 Å². The van der Waals surface area contributed by atoms with Crippen molar-refractivity contribution in [3.8, 4) is 0 Å². The van der Waals surface area contributed by atoms with Crippen LogP contribution in [0.15, 0.2) is 0 Å². The second kappa shape index (κ2) is 6.21. The van der Waals surface area contributed by atoms with E-state index in [1.54, 1.807) is 0 Å². The largest absolute Gasteiger partial charge is 0.469 e. The summed E-state index contributed by atoms with van der Waals surface area (Å²) in [6, 6.07) is 1.19. The highest BCUT2D eigenvalue weighted by Gasteiger charge is 2.25. The molecule has 0 spiro atoms. The molecule has 16 heavy (non-hydrogen) atoms. The Morgan fingerprint density at radius 2 is 2.00 bits per heavy atom. The zero-order chi connectivity index (χ0) is 12.1. The van der Waals surface area contributed by atoms with Crippen molar-refractivity contribution in [2.75, 3.05) is 14.2 Å². The number of rotatable bonds is 4. The highest BCUT2D eigenvalue weighted by atomic mass is 16.5. The molecule has 1 aliphatic rings. The number of methoxy groups -OCH3 is 1. The number of carbonyl (C=O) groups is 1. The van der Waals surface area contributed by atoms with Gasteiger partial charge in [0.1, 0.15) is 0 Å². The van der Waals surface area contributed by atoms with E-state index < -0.39 is 0 Å². The first kappa shape index (κ1) is 13.5. The van der Waals surface area contributed by atoms with Gasteiger partial charge in [0.05, 0.1) is 13.5 Å². The summed E-state index contributed by atoms with van der Waals surface area (Å²) in [6.07, 6.45) is 4.95. The Balaban J connectivity index is 2.38. The van der Waals surface area contributed by atoms with Crippen LogP contribution in [0.3, 0.4) is 0 Å². The Kier molecular flexibility index (Phi) is 5.22. The number of hydrogen-bond acceptors (Lipinski definition) is 4. The molecular weight excluding hydrogens is 204 g/mol. The third-order valence-electron chi connectivity index (χ3n) is 3.70. The fourth-order valence-electron chi connectivity index (χ4n) is 2.34. The topological polar surface area (TPSA) is 55.6 Å². The van der Waals surface area contributed by atoms with E-state index >= 15 is 0 Å². The van der Waals surface area contributed by atoms with E-state index in [0.717, 1.165) is 25.7 Å². The summed E-state index contributed by atoms with van der Waals surface area (Å²) in [4.78, 5) is 13.5. The third kappa shape index (κ3) is 3.76. The summed E-state index contributed by atoms with van der Waals surface area (Å²) < 4.78 is 4.69. The van der Waals surface area contributed by atoms with Crippen LogP contribution in [0.4, 0.5) is 0 Å². The first-order valence-corrected chi connectivity index (χ1v) is 6.09. The summed E-state index contributed by atoms with van der Waals surface area (Å²) >= 11 is 0. The number of carbonyl (C=O) groups excluding carboxylic acids is 1. The zero-order valence-electron chi connectivity index (χ0n) is 10.6. The van der Waals surface area contributed by atoms with Gasteiger partial charge in [0, 0.05) is 18.1 Å². The molecule has 1 fully saturated rings.